The van der Waals surface area contributed by atoms with Crippen molar-refractivity contribution < 1.29 is 17.9 Å². The largest absolute Gasteiger partial charge is 0.372 e. The summed E-state index contributed by atoms with van der Waals surface area (Å²) in [6, 6.07) is 6.35. The molecule has 0 radical (unpaired) electrons. The number of carbonyl (C=O) groups excluding carboxylic acids is 1. The van der Waals surface area contributed by atoms with Crippen LogP contribution < -0.4 is 4.72 Å². The number of ether oxygens (including phenoxy) is 1. The number of nitrogens with one attached hydrogen (secondary N) is 1. The molecule has 2 atom stereocenters. The van der Waals surface area contributed by atoms with Crippen LogP contribution in [0.5, 0.6) is 0 Å². The van der Waals surface area contributed by atoms with Gasteiger partial charge in [0.05, 0.1) is 17.1 Å². The maximum atomic E-state index is 12.2. The SMILES string of the molecule is C[C@@H]1CN(C(=O)CCNS(=O)(=O)c2ccc(Br)cc2)C[C@@H](C)O1. The maximum Gasteiger partial charge on any atom is 0.240 e. The third kappa shape index (κ3) is 5.27. The highest BCUT2D eigenvalue weighted by Crippen LogP contribution is 2.15. The molecule has 1 aromatic carbocycles. The second-order valence-electron chi connectivity index (χ2n) is 5.66. The molecule has 6 nitrogen and oxygen atoms in total. The summed E-state index contributed by atoms with van der Waals surface area (Å²) in [6.07, 6.45) is 0.138. The van der Waals surface area contributed by atoms with E-state index in [1.54, 1.807) is 17.0 Å². The molecule has 1 saturated heterocycles. The molecule has 1 aliphatic heterocycles. The first-order chi connectivity index (χ1) is 10.8. The molecule has 0 unspecified atom stereocenters. The van der Waals surface area contributed by atoms with Crippen molar-refractivity contribution in [2.24, 2.45) is 0 Å². The number of hydrogen-bond acceptors (Lipinski definition) is 4. The summed E-state index contributed by atoms with van der Waals surface area (Å²) in [5, 5.41) is 0. The van der Waals surface area contributed by atoms with Crippen LogP contribution in [0.25, 0.3) is 0 Å². The summed E-state index contributed by atoms with van der Waals surface area (Å²) in [5.74, 6) is -0.0643. The van der Waals surface area contributed by atoms with Crippen LogP contribution >= 0.6 is 15.9 Å². The lowest BCUT2D eigenvalue weighted by atomic mass is 10.2. The minimum absolute atomic E-state index is 0.00200. The van der Waals surface area contributed by atoms with Gasteiger partial charge in [-0.1, -0.05) is 15.9 Å². The Balaban J connectivity index is 1.86. The van der Waals surface area contributed by atoms with Crippen LogP contribution in [0.1, 0.15) is 20.3 Å². The lowest BCUT2D eigenvalue weighted by Gasteiger charge is -2.35. The first-order valence-electron chi connectivity index (χ1n) is 7.46. The quantitative estimate of drug-likeness (QED) is 0.810. The summed E-state index contributed by atoms with van der Waals surface area (Å²) in [4.78, 5) is 14.1. The van der Waals surface area contributed by atoms with E-state index in [4.69, 9.17) is 4.74 Å². The van der Waals surface area contributed by atoms with E-state index in [-0.39, 0.29) is 36.0 Å². The number of sulfonamides is 1. The monoisotopic (exact) mass is 404 g/mol. The van der Waals surface area contributed by atoms with Gasteiger partial charge >= 0.3 is 0 Å². The van der Waals surface area contributed by atoms with Crippen LogP contribution in [0.2, 0.25) is 0 Å². The molecule has 1 heterocycles. The molecule has 128 valence electrons. The van der Waals surface area contributed by atoms with E-state index >= 15 is 0 Å². The van der Waals surface area contributed by atoms with E-state index in [0.29, 0.717) is 13.1 Å². The Hall–Kier alpha value is -0.960. The maximum absolute atomic E-state index is 12.2. The fraction of sp³-hybridized carbons (Fsp3) is 0.533. The van der Waals surface area contributed by atoms with Crippen LogP contribution in [0.4, 0.5) is 0 Å². The molecule has 0 aromatic heterocycles. The number of rotatable bonds is 5. The van der Waals surface area contributed by atoms with Crippen molar-refractivity contribution in [1.29, 1.82) is 0 Å². The predicted molar refractivity (Wildman–Crippen MR) is 90.5 cm³/mol. The van der Waals surface area contributed by atoms with Crippen molar-refractivity contribution in [3.05, 3.63) is 28.7 Å². The zero-order chi connectivity index (χ0) is 17.0. The van der Waals surface area contributed by atoms with E-state index in [9.17, 15) is 13.2 Å². The van der Waals surface area contributed by atoms with Crippen molar-refractivity contribution in [1.82, 2.24) is 9.62 Å². The fourth-order valence-corrected chi connectivity index (χ4v) is 3.83. The Kier molecular flexibility index (Phi) is 6.19. The van der Waals surface area contributed by atoms with Crippen molar-refractivity contribution in [3.8, 4) is 0 Å². The number of nitrogens with zero attached hydrogens (tertiary/aromatic N) is 1. The normalized spacial score (nSPS) is 22.1. The van der Waals surface area contributed by atoms with Crippen LogP contribution in [-0.4, -0.2) is 51.1 Å². The number of benzene rings is 1. The zero-order valence-electron chi connectivity index (χ0n) is 13.2. The number of carbonyl (C=O) groups is 1. The topological polar surface area (TPSA) is 75.7 Å². The fourth-order valence-electron chi connectivity index (χ4n) is 2.53. The molecule has 2 rings (SSSR count). The van der Waals surface area contributed by atoms with E-state index in [1.807, 2.05) is 13.8 Å². The van der Waals surface area contributed by atoms with Gasteiger partial charge in [0.15, 0.2) is 0 Å². The highest BCUT2D eigenvalue weighted by atomic mass is 79.9. The van der Waals surface area contributed by atoms with Crippen molar-refractivity contribution in [2.75, 3.05) is 19.6 Å². The number of amides is 1. The van der Waals surface area contributed by atoms with Gasteiger partial charge in [-0.3, -0.25) is 4.79 Å². The summed E-state index contributed by atoms with van der Waals surface area (Å²) in [7, 11) is -3.59. The van der Waals surface area contributed by atoms with Gasteiger partial charge in [-0.15, -0.1) is 0 Å². The average molecular weight is 405 g/mol. The molecule has 1 fully saturated rings. The van der Waals surface area contributed by atoms with Crippen LogP contribution in [0.15, 0.2) is 33.6 Å². The molecule has 0 saturated carbocycles. The first-order valence-corrected chi connectivity index (χ1v) is 9.74. The zero-order valence-corrected chi connectivity index (χ0v) is 15.6. The van der Waals surface area contributed by atoms with E-state index < -0.39 is 10.0 Å². The predicted octanol–water partition coefficient (Wildman–Crippen LogP) is 1.75. The Morgan fingerprint density at radius 1 is 1.26 bits per heavy atom. The van der Waals surface area contributed by atoms with Gasteiger partial charge in [0.1, 0.15) is 0 Å². The number of morpholine rings is 1. The van der Waals surface area contributed by atoms with Gasteiger partial charge < -0.3 is 9.64 Å². The molecule has 8 heteroatoms. The van der Waals surface area contributed by atoms with E-state index in [0.717, 1.165) is 4.47 Å². The minimum atomic E-state index is -3.59. The Morgan fingerprint density at radius 2 is 1.83 bits per heavy atom. The molecular weight excluding hydrogens is 384 g/mol. The van der Waals surface area contributed by atoms with Gasteiger partial charge in [0, 0.05) is 30.5 Å². The van der Waals surface area contributed by atoms with E-state index in [2.05, 4.69) is 20.7 Å². The molecule has 1 aromatic rings. The third-order valence-electron chi connectivity index (χ3n) is 3.53. The first kappa shape index (κ1) is 18.4. The Bertz CT molecular complexity index is 638. The summed E-state index contributed by atoms with van der Waals surface area (Å²) in [5.41, 5.74) is 0. The molecule has 23 heavy (non-hydrogen) atoms. The minimum Gasteiger partial charge on any atom is -0.372 e. The number of hydrogen-bond donors (Lipinski definition) is 1. The molecule has 0 bridgehead atoms. The smallest absolute Gasteiger partial charge is 0.240 e. The number of halogens is 1. The summed E-state index contributed by atoms with van der Waals surface area (Å²) >= 11 is 3.26. The highest BCUT2D eigenvalue weighted by molar-refractivity contribution is 9.10. The lowest BCUT2D eigenvalue weighted by Crippen LogP contribution is -2.48. The molecule has 0 aliphatic carbocycles. The Labute approximate surface area is 145 Å². The molecule has 1 aliphatic rings. The molecule has 1 N–H and O–H groups in total. The second kappa shape index (κ2) is 7.74. The van der Waals surface area contributed by atoms with Crippen LogP contribution in [0, 0.1) is 0 Å². The standard InChI is InChI=1S/C15H21BrN2O4S/c1-11-9-18(10-12(2)22-11)15(19)7-8-17-23(20,21)14-5-3-13(16)4-6-14/h3-6,11-12,17H,7-10H2,1-2H3/t11-,12-/m1/s1. The van der Waals surface area contributed by atoms with Crippen LogP contribution in [-0.2, 0) is 19.6 Å². The second-order valence-corrected chi connectivity index (χ2v) is 8.34. The highest BCUT2D eigenvalue weighted by Gasteiger charge is 2.25. The van der Waals surface area contributed by atoms with Gasteiger partial charge in [-0.2, -0.15) is 0 Å². The summed E-state index contributed by atoms with van der Waals surface area (Å²) < 4.78 is 33.1. The lowest BCUT2D eigenvalue weighted by molar-refractivity contribution is -0.143. The van der Waals surface area contributed by atoms with Crippen molar-refractivity contribution >= 4 is 31.9 Å². The average Bonchev–Trinajstić information content (AvgIpc) is 2.46. The molecular formula is C15H21BrN2O4S. The van der Waals surface area contributed by atoms with Gasteiger partial charge in [-0.05, 0) is 38.1 Å². The van der Waals surface area contributed by atoms with E-state index in [1.165, 1.54) is 12.1 Å². The third-order valence-corrected chi connectivity index (χ3v) is 5.53. The van der Waals surface area contributed by atoms with Crippen LogP contribution in [0.3, 0.4) is 0 Å². The van der Waals surface area contributed by atoms with Gasteiger partial charge in [0.25, 0.3) is 0 Å². The summed E-state index contributed by atoms with van der Waals surface area (Å²) in [6.45, 7) is 5.01. The molecule has 1 amide bonds. The van der Waals surface area contributed by atoms with Gasteiger partial charge in [-0.25, -0.2) is 13.1 Å². The Morgan fingerprint density at radius 3 is 2.39 bits per heavy atom. The van der Waals surface area contributed by atoms with Gasteiger partial charge in [0.2, 0.25) is 15.9 Å². The molecule has 0 spiro atoms. The van der Waals surface area contributed by atoms with Crippen molar-refractivity contribution in [2.45, 2.75) is 37.4 Å². The van der Waals surface area contributed by atoms with Crippen molar-refractivity contribution in [3.63, 3.8) is 0 Å².